The SMILES string of the molecule is CN(C)S(=O)(=O)CCNC(=O)c1ccc(-c2ccc(C(N)=O)o2)cc1. The Hall–Kier alpha value is -2.65. The number of carbonyl (C=O) groups excluding carboxylic acids is 2. The molecule has 1 aromatic carbocycles. The zero-order chi connectivity index (χ0) is 18.6. The molecule has 2 aromatic rings. The first-order valence-corrected chi connectivity index (χ1v) is 9.00. The number of amides is 2. The molecule has 0 saturated carbocycles. The van der Waals surface area contributed by atoms with E-state index in [0.29, 0.717) is 16.9 Å². The van der Waals surface area contributed by atoms with Gasteiger partial charge in [0, 0.05) is 31.8 Å². The maximum Gasteiger partial charge on any atom is 0.284 e. The number of hydrogen-bond donors (Lipinski definition) is 2. The number of nitrogens with zero attached hydrogens (tertiary/aromatic N) is 1. The Morgan fingerprint density at radius 3 is 2.28 bits per heavy atom. The number of rotatable bonds is 7. The summed E-state index contributed by atoms with van der Waals surface area (Å²) >= 11 is 0. The number of carbonyl (C=O) groups is 2. The topological polar surface area (TPSA) is 123 Å². The predicted molar refractivity (Wildman–Crippen MR) is 92.5 cm³/mol. The van der Waals surface area contributed by atoms with E-state index in [1.54, 1.807) is 30.3 Å². The van der Waals surface area contributed by atoms with Gasteiger partial charge in [0.05, 0.1) is 5.75 Å². The normalized spacial score (nSPS) is 11.5. The van der Waals surface area contributed by atoms with E-state index in [-0.39, 0.29) is 24.0 Å². The molecule has 8 nitrogen and oxygen atoms in total. The molecule has 3 N–H and O–H groups in total. The van der Waals surface area contributed by atoms with Crippen LogP contribution < -0.4 is 11.1 Å². The van der Waals surface area contributed by atoms with Crippen molar-refractivity contribution in [3.8, 4) is 11.3 Å². The highest BCUT2D eigenvalue weighted by molar-refractivity contribution is 7.89. The Balaban J connectivity index is 1.99. The van der Waals surface area contributed by atoms with Crippen molar-refractivity contribution in [2.75, 3.05) is 26.4 Å². The Morgan fingerprint density at radius 2 is 1.76 bits per heavy atom. The molecule has 0 atom stereocenters. The number of nitrogens with two attached hydrogens (primary N) is 1. The van der Waals surface area contributed by atoms with Crippen LogP contribution in [0.1, 0.15) is 20.9 Å². The average Bonchev–Trinajstić information content (AvgIpc) is 3.05. The second-order valence-corrected chi connectivity index (χ2v) is 7.76. The Bertz CT molecular complexity index is 869. The van der Waals surface area contributed by atoms with Gasteiger partial charge < -0.3 is 15.5 Å². The van der Waals surface area contributed by atoms with Gasteiger partial charge in [-0.2, -0.15) is 0 Å². The average molecular weight is 365 g/mol. The quantitative estimate of drug-likeness (QED) is 0.746. The van der Waals surface area contributed by atoms with Gasteiger partial charge in [0.1, 0.15) is 5.76 Å². The van der Waals surface area contributed by atoms with Gasteiger partial charge in [0.25, 0.3) is 11.8 Å². The van der Waals surface area contributed by atoms with Crippen LogP contribution in [-0.4, -0.2) is 50.9 Å². The Kier molecular flexibility index (Phi) is 5.60. The van der Waals surface area contributed by atoms with Crippen molar-refractivity contribution in [3.63, 3.8) is 0 Å². The summed E-state index contributed by atoms with van der Waals surface area (Å²) in [6, 6.07) is 9.57. The van der Waals surface area contributed by atoms with Gasteiger partial charge in [-0.1, -0.05) is 12.1 Å². The summed E-state index contributed by atoms with van der Waals surface area (Å²) in [5.41, 5.74) is 6.20. The lowest BCUT2D eigenvalue weighted by Gasteiger charge is -2.11. The van der Waals surface area contributed by atoms with E-state index in [1.165, 1.54) is 20.2 Å². The van der Waals surface area contributed by atoms with Crippen molar-refractivity contribution in [2.45, 2.75) is 0 Å². The van der Waals surface area contributed by atoms with E-state index >= 15 is 0 Å². The molecule has 0 fully saturated rings. The Labute approximate surface area is 145 Å². The van der Waals surface area contributed by atoms with Crippen molar-refractivity contribution in [1.82, 2.24) is 9.62 Å². The first kappa shape index (κ1) is 18.7. The maximum atomic E-state index is 12.0. The first-order chi connectivity index (χ1) is 11.7. The van der Waals surface area contributed by atoms with E-state index in [0.717, 1.165) is 4.31 Å². The van der Waals surface area contributed by atoms with Crippen LogP contribution in [0.25, 0.3) is 11.3 Å². The monoisotopic (exact) mass is 365 g/mol. The number of nitrogens with one attached hydrogen (secondary N) is 1. The Morgan fingerprint density at radius 1 is 1.12 bits per heavy atom. The largest absolute Gasteiger partial charge is 0.451 e. The number of hydrogen-bond acceptors (Lipinski definition) is 5. The molecule has 25 heavy (non-hydrogen) atoms. The van der Waals surface area contributed by atoms with Crippen LogP contribution in [0.3, 0.4) is 0 Å². The van der Waals surface area contributed by atoms with Gasteiger partial charge in [0.15, 0.2) is 5.76 Å². The van der Waals surface area contributed by atoms with Crippen molar-refractivity contribution in [1.29, 1.82) is 0 Å². The van der Waals surface area contributed by atoms with E-state index in [1.807, 2.05) is 0 Å². The molecule has 0 aliphatic carbocycles. The summed E-state index contributed by atoms with van der Waals surface area (Å²) in [4.78, 5) is 23.1. The minimum atomic E-state index is -3.36. The molecule has 134 valence electrons. The van der Waals surface area contributed by atoms with Gasteiger partial charge in [-0.25, -0.2) is 12.7 Å². The van der Waals surface area contributed by atoms with Crippen molar-refractivity contribution in [2.24, 2.45) is 5.73 Å². The summed E-state index contributed by atoms with van der Waals surface area (Å²) in [6.45, 7) is 0.0151. The van der Waals surface area contributed by atoms with Crippen LogP contribution in [0.15, 0.2) is 40.8 Å². The minimum absolute atomic E-state index is 0.0151. The van der Waals surface area contributed by atoms with E-state index in [9.17, 15) is 18.0 Å². The van der Waals surface area contributed by atoms with E-state index in [2.05, 4.69) is 5.32 Å². The molecule has 2 amide bonds. The van der Waals surface area contributed by atoms with Crippen LogP contribution in [0.5, 0.6) is 0 Å². The maximum absolute atomic E-state index is 12.0. The third kappa shape index (κ3) is 4.68. The molecule has 0 bridgehead atoms. The van der Waals surface area contributed by atoms with Crippen LogP contribution in [-0.2, 0) is 10.0 Å². The van der Waals surface area contributed by atoms with Gasteiger partial charge in [-0.15, -0.1) is 0 Å². The van der Waals surface area contributed by atoms with Crippen molar-refractivity contribution in [3.05, 3.63) is 47.7 Å². The van der Waals surface area contributed by atoms with Crippen LogP contribution >= 0.6 is 0 Å². The first-order valence-electron chi connectivity index (χ1n) is 7.39. The number of primary amides is 1. The minimum Gasteiger partial charge on any atom is -0.451 e. The zero-order valence-electron chi connectivity index (χ0n) is 13.9. The lowest BCUT2D eigenvalue weighted by atomic mass is 10.1. The molecule has 0 aliphatic heterocycles. The van der Waals surface area contributed by atoms with E-state index < -0.39 is 15.9 Å². The van der Waals surface area contributed by atoms with Gasteiger partial charge in [-0.3, -0.25) is 9.59 Å². The van der Waals surface area contributed by atoms with Gasteiger partial charge in [-0.05, 0) is 24.3 Å². The summed E-state index contributed by atoms with van der Waals surface area (Å²) in [5.74, 6) is -0.698. The highest BCUT2D eigenvalue weighted by atomic mass is 32.2. The molecule has 9 heteroatoms. The second-order valence-electron chi connectivity index (χ2n) is 5.46. The molecular formula is C16H19N3O5S. The molecule has 0 radical (unpaired) electrons. The molecule has 1 aromatic heterocycles. The van der Waals surface area contributed by atoms with Crippen LogP contribution in [0.4, 0.5) is 0 Å². The molecule has 1 heterocycles. The summed E-state index contributed by atoms with van der Waals surface area (Å²) in [6.07, 6.45) is 0. The molecule has 0 spiro atoms. The number of sulfonamides is 1. The van der Waals surface area contributed by atoms with Gasteiger partial charge >= 0.3 is 0 Å². The summed E-state index contributed by atoms with van der Waals surface area (Å²) in [7, 11) is -0.478. The highest BCUT2D eigenvalue weighted by Gasteiger charge is 2.14. The molecule has 0 unspecified atom stereocenters. The van der Waals surface area contributed by atoms with Crippen LogP contribution in [0, 0.1) is 0 Å². The second kappa shape index (κ2) is 7.49. The highest BCUT2D eigenvalue weighted by Crippen LogP contribution is 2.22. The van der Waals surface area contributed by atoms with Crippen LogP contribution in [0.2, 0.25) is 0 Å². The zero-order valence-corrected chi connectivity index (χ0v) is 14.7. The van der Waals surface area contributed by atoms with Gasteiger partial charge in [0.2, 0.25) is 10.0 Å². The lowest BCUT2D eigenvalue weighted by Crippen LogP contribution is -2.33. The third-order valence-electron chi connectivity index (χ3n) is 3.48. The smallest absolute Gasteiger partial charge is 0.284 e. The lowest BCUT2D eigenvalue weighted by molar-refractivity contribution is 0.0953. The molecular weight excluding hydrogens is 346 g/mol. The standard InChI is InChI=1S/C16H19N3O5S/c1-19(2)25(22,23)10-9-18-16(21)12-5-3-11(4-6-12)13-7-8-14(24-13)15(17)20/h3-8H,9-10H2,1-2H3,(H2,17,20)(H,18,21). The fourth-order valence-corrected chi connectivity index (χ4v) is 2.71. The van der Waals surface area contributed by atoms with E-state index in [4.69, 9.17) is 10.2 Å². The fourth-order valence-electron chi connectivity index (χ4n) is 1.99. The van der Waals surface area contributed by atoms with Crippen molar-refractivity contribution < 1.29 is 22.4 Å². The summed E-state index contributed by atoms with van der Waals surface area (Å²) < 4.78 is 29.7. The number of benzene rings is 1. The predicted octanol–water partition coefficient (Wildman–Crippen LogP) is 0.667. The third-order valence-corrected chi connectivity index (χ3v) is 5.32. The molecule has 0 saturated heterocycles. The van der Waals surface area contributed by atoms with Crippen molar-refractivity contribution >= 4 is 21.8 Å². The molecule has 0 aliphatic rings. The number of furan rings is 1. The molecule has 2 rings (SSSR count). The summed E-state index contributed by atoms with van der Waals surface area (Å²) in [5, 5.41) is 2.56. The fraction of sp³-hybridized carbons (Fsp3) is 0.250.